The molecule has 2 aromatic rings. The predicted molar refractivity (Wildman–Crippen MR) is 115 cm³/mol. The molecule has 2 fully saturated rings. The first-order chi connectivity index (χ1) is 13.9. The van der Waals surface area contributed by atoms with Gasteiger partial charge >= 0.3 is 0 Å². The van der Waals surface area contributed by atoms with Gasteiger partial charge in [0.25, 0.3) is 0 Å². The number of carbonyl (C=O) groups is 1. The van der Waals surface area contributed by atoms with Crippen molar-refractivity contribution in [3.05, 3.63) is 23.8 Å². The zero-order valence-electron chi connectivity index (χ0n) is 16.8. The van der Waals surface area contributed by atoms with Gasteiger partial charge in [-0.3, -0.25) is 9.69 Å². The summed E-state index contributed by atoms with van der Waals surface area (Å²) in [6, 6.07) is 5.42. The van der Waals surface area contributed by atoms with Gasteiger partial charge in [0, 0.05) is 13.2 Å². The molecule has 0 spiro atoms. The third kappa shape index (κ3) is 4.19. The van der Waals surface area contributed by atoms with E-state index in [1.807, 2.05) is 12.1 Å². The standard InChI is InChI=1S/C20H27N3O4S2/c1-3-14-7-4-10-17-18(14)21-20(28-17)22(13-15-8-6-12-27-15)19(24)16-9-5-11-23(16)29(2,25)26/h4,7,10,15-16H,3,5-6,8-9,11-13H2,1-2H3. The number of nitrogens with zero attached hydrogens (tertiary/aromatic N) is 3. The summed E-state index contributed by atoms with van der Waals surface area (Å²) in [7, 11) is -3.44. The van der Waals surface area contributed by atoms with Crippen LogP contribution >= 0.6 is 11.3 Å². The zero-order chi connectivity index (χ0) is 20.6. The summed E-state index contributed by atoms with van der Waals surface area (Å²) in [5.74, 6) is -0.194. The Kier molecular flexibility index (Phi) is 5.92. The van der Waals surface area contributed by atoms with Gasteiger partial charge in [-0.25, -0.2) is 13.4 Å². The molecular weight excluding hydrogens is 410 g/mol. The summed E-state index contributed by atoms with van der Waals surface area (Å²) in [4.78, 5) is 20.0. The number of thiazole rings is 1. The van der Waals surface area contributed by atoms with Gasteiger partial charge in [-0.05, 0) is 43.7 Å². The SMILES string of the molecule is CCc1cccc2sc(N(CC3CCCO3)C(=O)C3CCCN3S(C)(=O)=O)nc12. The predicted octanol–water partition coefficient (Wildman–Crippen LogP) is 2.79. The highest BCUT2D eigenvalue weighted by Gasteiger charge is 2.40. The fraction of sp³-hybridized carbons (Fsp3) is 0.600. The Morgan fingerprint density at radius 2 is 2.17 bits per heavy atom. The molecule has 1 amide bonds. The maximum atomic E-state index is 13.6. The van der Waals surface area contributed by atoms with Gasteiger partial charge in [-0.2, -0.15) is 4.31 Å². The van der Waals surface area contributed by atoms with Gasteiger partial charge in [0.05, 0.1) is 29.1 Å². The molecule has 0 N–H and O–H groups in total. The van der Waals surface area contributed by atoms with Crippen LogP contribution in [-0.2, 0) is 26.0 Å². The minimum absolute atomic E-state index is 0.0373. The summed E-state index contributed by atoms with van der Waals surface area (Å²) in [6.07, 6.45) is 5.11. The van der Waals surface area contributed by atoms with Gasteiger partial charge in [-0.15, -0.1) is 0 Å². The minimum atomic E-state index is -3.44. The second kappa shape index (κ2) is 8.29. The van der Waals surface area contributed by atoms with Gasteiger partial charge in [0.15, 0.2) is 5.13 Å². The first-order valence-corrected chi connectivity index (χ1v) is 12.8. The van der Waals surface area contributed by atoms with Crippen molar-refractivity contribution in [2.45, 2.75) is 51.2 Å². The lowest BCUT2D eigenvalue weighted by atomic mass is 10.1. The van der Waals surface area contributed by atoms with Crippen LogP contribution in [0.3, 0.4) is 0 Å². The Morgan fingerprint density at radius 3 is 2.86 bits per heavy atom. The van der Waals surface area contributed by atoms with Gasteiger partial charge < -0.3 is 4.74 Å². The van der Waals surface area contributed by atoms with Crippen LogP contribution in [0.25, 0.3) is 10.2 Å². The lowest BCUT2D eigenvalue weighted by molar-refractivity contribution is -0.122. The highest BCUT2D eigenvalue weighted by atomic mass is 32.2. The Morgan fingerprint density at radius 1 is 1.34 bits per heavy atom. The monoisotopic (exact) mass is 437 g/mol. The second-order valence-corrected chi connectivity index (χ2v) is 10.7. The molecular formula is C20H27N3O4S2. The largest absolute Gasteiger partial charge is 0.376 e. The number of sulfonamides is 1. The van der Waals surface area contributed by atoms with E-state index in [4.69, 9.17) is 9.72 Å². The molecule has 0 aliphatic carbocycles. The molecule has 158 valence electrons. The summed E-state index contributed by atoms with van der Waals surface area (Å²) in [6.45, 7) is 3.59. The third-order valence-corrected chi connectivity index (χ3v) is 8.03. The van der Waals surface area contributed by atoms with E-state index in [0.29, 0.717) is 37.7 Å². The number of hydrogen-bond acceptors (Lipinski definition) is 6. The molecule has 7 nitrogen and oxygen atoms in total. The molecule has 0 bridgehead atoms. The maximum absolute atomic E-state index is 13.6. The quantitative estimate of drug-likeness (QED) is 0.694. The topological polar surface area (TPSA) is 79.8 Å². The van der Waals surface area contributed by atoms with Crippen LogP contribution in [0, 0.1) is 0 Å². The van der Waals surface area contributed by atoms with Gasteiger partial charge in [0.2, 0.25) is 15.9 Å². The molecule has 3 heterocycles. The number of fused-ring (bicyclic) bond motifs is 1. The van der Waals surface area contributed by atoms with Crippen LogP contribution in [0.5, 0.6) is 0 Å². The zero-order valence-corrected chi connectivity index (χ0v) is 18.5. The Labute approximate surface area is 175 Å². The van der Waals surface area contributed by atoms with Gasteiger partial charge in [-0.1, -0.05) is 30.4 Å². The molecule has 2 atom stereocenters. The molecule has 2 aliphatic rings. The summed E-state index contributed by atoms with van der Waals surface area (Å²) in [5, 5.41) is 0.627. The van der Waals surface area contributed by atoms with E-state index in [1.54, 1.807) is 4.90 Å². The average molecular weight is 438 g/mol. The number of amides is 1. The molecule has 29 heavy (non-hydrogen) atoms. The highest BCUT2D eigenvalue weighted by Crippen LogP contribution is 2.34. The molecule has 1 aromatic carbocycles. The van der Waals surface area contributed by atoms with E-state index < -0.39 is 16.1 Å². The molecule has 0 radical (unpaired) electrons. The number of ether oxygens (including phenoxy) is 1. The number of rotatable bonds is 6. The molecule has 2 saturated heterocycles. The normalized spacial score (nSPS) is 23.1. The molecule has 2 unspecified atom stereocenters. The number of benzene rings is 1. The van der Waals surface area contributed by atoms with E-state index in [-0.39, 0.29) is 12.0 Å². The number of hydrogen-bond donors (Lipinski definition) is 0. The number of anilines is 1. The van der Waals surface area contributed by atoms with Crippen LogP contribution in [0.4, 0.5) is 5.13 Å². The van der Waals surface area contributed by atoms with Gasteiger partial charge in [0.1, 0.15) is 6.04 Å². The van der Waals surface area contributed by atoms with Crippen LogP contribution in [0.15, 0.2) is 18.2 Å². The van der Waals surface area contributed by atoms with Crippen LogP contribution in [-0.4, -0.2) is 61.7 Å². The number of carbonyl (C=O) groups excluding carboxylic acids is 1. The number of aromatic nitrogens is 1. The summed E-state index contributed by atoms with van der Waals surface area (Å²) >= 11 is 1.48. The van der Waals surface area contributed by atoms with Crippen LogP contribution < -0.4 is 4.90 Å². The van der Waals surface area contributed by atoms with Crippen molar-refractivity contribution in [2.75, 3.05) is 30.9 Å². The Bertz CT molecular complexity index is 998. The van der Waals surface area contributed by atoms with Crippen molar-refractivity contribution >= 4 is 42.6 Å². The van der Waals surface area contributed by atoms with E-state index in [9.17, 15) is 13.2 Å². The van der Waals surface area contributed by atoms with Crippen molar-refractivity contribution in [3.63, 3.8) is 0 Å². The van der Waals surface area contributed by atoms with Crippen molar-refractivity contribution in [2.24, 2.45) is 0 Å². The number of para-hydroxylation sites is 1. The van der Waals surface area contributed by atoms with E-state index in [2.05, 4.69) is 13.0 Å². The van der Waals surface area contributed by atoms with Crippen molar-refractivity contribution in [3.8, 4) is 0 Å². The Hall–Kier alpha value is -1.55. The summed E-state index contributed by atoms with van der Waals surface area (Å²) in [5.41, 5.74) is 2.07. The molecule has 4 rings (SSSR count). The van der Waals surface area contributed by atoms with Crippen molar-refractivity contribution in [1.29, 1.82) is 0 Å². The number of aryl methyl sites for hydroxylation is 1. The lowest BCUT2D eigenvalue weighted by Gasteiger charge is -2.29. The maximum Gasteiger partial charge on any atom is 0.247 e. The first kappa shape index (κ1) is 20.7. The molecule has 1 aromatic heterocycles. The van der Waals surface area contributed by atoms with Crippen molar-refractivity contribution < 1.29 is 17.9 Å². The fourth-order valence-electron chi connectivity index (χ4n) is 4.21. The average Bonchev–Trinajstić information content (AvgIpc) is 3.44. The molecule has 9 heteroatoms. The van der Waals surface area contributed by atoms with Crippen molar-refractivity contribution in [1.82, 2.24) is 9.29 Å². The second-order valence-electron chi connectivity index (χ2n) is 7.73. The third-order valence-electron chi connectivity index (χ3n) is 5.69. The first-order valence-electron chi connectivity index (χ1n) is 10.2. The van der Waals surface area contributed by atoms with Crippen LogP contribution in [0.1, 0.15) is 38.2 Å². The lowest BCUT2D eigenvalue weighted by Crippen LogP contribution is -2.49. The summed E-state index contributed by atoms with van der Waals surface area (Å²) < 4.78 is 32.5. The minimum Gasteiger partial charge on any atom is -0.376 e. The fourth-order valence-corrected chi connectivity index (χ4v) is 6.36. The van der Waals surface area contributed by atoms with E-state index in [0.717, 1.165) is 35.0 Å². The smallest absolute Gasteiger partial charge is 0.247 e. The molecule has 2 aliphatic heterocycles. The Balaban J connectivity index is 1.71. The highest BCUT2D eigenvalue weighted by molar-refractivity contribution is 7.88. The van der Waals surface area contributed by atoms with Crippen LogP contribution in [0.2, 0.25) is 0 Å². The molecule has 0 saturated carbocycles. The van der Waals surface area contributed by atoms with E-state index >= 15 is 0 Å². The van der Waals surface area contributed by atoms with E-state index in [1.165, 1.54) is 21.9 Å².